The van der Waals surface area contributed by atoms with Crippen molar-refractivity contribution in [3.63, 3.8) is 0 Å². The highest BCUT2D eigenvalue weighted by Crippen LogP contribution is 2.38. The largest absolute Gasteiger partial charge is 0.376 e. The van der Waals surface area contributed by atoms with Gasteiger partial charge in [-0.15, -0.1) is 0 Å². The van der Waals surface area contributed by atoms with Crippen molar-refractivity contribution in [3.05, 3.63) is 35.4 Å². The molecule has 1 aliphatic heterocycles. The van der Waals surface area contributed by atoms with Crippen LogP contribution in [0, 0.1) is 5.92 Å². The van der Waals surface area contributed by atoms with Gasteiger partial charge in [-0.1, -0.05) is 18.2 Å². The molecule has 0 aromatic heterocycles. The first-order valence-corrected chi connectivity index (χ1v) is 6.96. The molecule has 104 valence electrons. The fourth-order valence-corrected chi connectivity index (χ4v) is 2.81. The third-order valence-electron chi connectivity index (χ3n) is 3.99. The number of halogens is 2. The first kappa shape index (κ1) is 13.0. The zero-order valence-electron chi connectivity index (χ0n) is 10.8. The number of benzene rings is 1. The van der Waals surface area contributed by atoms with Crippen LogP contribution in [0.15, 0.2) is 24.3 Å². The summed E-state index contributed by atoms with van der Waals surface area (Å²) in [7, 11) is 0. The Morgan fingerprint density at radius 3 is 2.84 bits per heavy atom. The third-order valence-corrected chi connectivity index (χ3v) is 3.99. The molecule has 1 saturated heterocycles. The molecule has 1 aromatic carbocycles. The first-order chi connectivity index (χ1) is 9.24. The maximum Gasteiger partial charge on any atom is 0.263 e. The van der Waals surface area contributed by atoms with Crippen molar-refractivity contribution in [2.45, 2.75) is 44.4 Å². The zero-order valence-corrected chi connectivity index (χ0v) is 10.8. The van der Waals surface area contributed by atoms with E-state index in [2.05, 4.69) is 5.32 Å². The molecule has 2 atom stereocenters. The molecule has 1 saturated carbocycles. The fourth-order valence-electron chi connectivity index (χ4n) is 2.81. The van der Waals surface area contributed by atoms with Gasteiger partial charge < -0.3 is 10.1 Å². The second-order valence-electron chi connectivity index (χ2n) is 5.49. The molecule has 19 heavy (non-hydrogen) atoms. The third kappa shape index (κ3) is 3.12. The van der Waals surface area contributed by atoms with Gasteiger partial charge in [0.15, 0.2) is 0 Å². The molecule has 4 heteroatoms. The maximum absolute atomic E-state index is 12.6. The van der Waals surface area contributed by atoms with Crippen LogP contribution in [0.1, 0.15) is 36.8 Å². The van der Waals surface area contributed by atoms with Crippen LogP contribution >= 0.6 is 0 Å². The standard InChI is InChI=1S/C15H19F2NO/c16-15(17)12-3-1-2-10(8-12)9-18-13-6-7-19-14(13)11-4-5-11/h1-3,8,11,13-15,18H,4-7,9H2. The van der Waals surface area contributed by atoms with Crippen LogP contribution in [0.3, 0.4) is 0 Å². The lowest BCUT2D eigenvalue weighted by atomic mass is 10.1. The highest BCUT2D eigenvalue weighted by atomic mass is 19.3. The van der Waals surface area contributed by atoms with Gasteiger partial charge in [0, 0.05) is 24.8 Å². The van der Waals surface area contributed by atoms with E-state index in [1.165, 1.54) is 18.9 Å². The van der Waals surface area contributed by atoms with Gasteiger partial charge in [-0.05, 0) is 36.8 Å². The van der Waals surface area contributed by atoms with Gasteiger partial charge in [0.1, 0.15) is 0 Å². The number of nitrogens with one attached hydrogen (secondary N) is 1. The highest BCUT2D eigenvalue weighted by molar-refractivity contribution is 5.24. The minimum atomic E-state index is -2.39. The molecule has 2 unspecified atom stereocenters. The molecule has 0 radical (unpaired) electrons. The second-order valence-corrected chi connectivity index (χ2v) is 5.49. The summed E-state index contributed by atoms with van der Waals surface area (Å²) in [5, 5.41) is 3.47. The summed E-state index contributed by atoms with van der Waals surface area (Å²) in [6.07, 6.45) is 1.50. The van der Waals surface area contributed by atoms with Gasteiger partial charge in [-0.25, -0.2) is 8.78 Å². The van der Waals surface area contributed by atoms with Crippen molar-refractivity contribution in [1.82, 2.24) is 5.32 Å². The number of rotatable bonds is 5. The van der Waals surface area contributed by atoms with E-state index in [1.807, 2.05) is 6.07 Å². The Kier molecular flexibility index (Phi) is 3.80. The summed E-state index contributed by atoms with van der Waals surface area (Å²) < 4.78 is 31.0. The van der Waals surface area contributed by atoms with Crippen LogP contribution in [-0.2, 0) is 11.3 Å². The smallest absolute Gasteiger partial charge is 0.263 e. The predicted molar refractivity (Wildman–Crippen MR) is 69.1 cm³/mol. The normalized spacial score (nSPS) is 27.1. The van der Waals surface area contributed by atoms with E-state index < -0.39 is 6.43 Å². The molecular formula is C15H19F2NO. The average Bonchev–Trinajstić information content (AvgIpc) is 3.16. The summed E-state index contributed by atoms with van der Waals surface area (Å²) in [5.74, 6) is 0.715. The molecule has 3 rings (SSSR count). The summed E-state index contributed by atoms with van der Waals surface area (Å²) in [6.45, 7) is 1.45. The molecule has 2 nitrogen and oxygen atoms in total. The molecule has 2 aliphatic rings. The van der Waals surface area contributed by atoms with Crippen molar-refractivity contribution < 1.29 is 13.5 Å². The number of hydrogen-bond acceptors (Lipinski definition) is 2. The van der Waals surface area contributed by atoms with Crippen LogP contribution in [0.4, 0.5) is 8.78 Å². The Labute approximate surface area is 112 Å². The lowest BCUT2D eigenvalue weighted by molar-refractivity contribution is 0.0808. The lowest BCUT2D eigenvalue weighted by Crippen LogP contribution is -2.37. The maximum atomic E-state index is 12.6. The predicted octanol–water partition coefficient (Wildman–Crippen LogP) is 3.28. The SMILES string of the molecule is FC(F)c1cccc(CNC2CCOC2C2CC2)c1. The van der Waals surface area contributed by atoms with Gasteiger partial charge in [-0.3, -0.25) is 0 Å². The minimum Gasteiger partial charge on any atom is -0.376 e. The quantitative estimate of drug-likeness (QED) is 0.884. The monoisotopic (exact) mass is 267 g/mol. The molecule has 0 bridgehead atoms. The van der Waals surface area contributed by atoms with E-state index in [0.29, 0.717) is 24.6 Å². The van der Waals surface area contributed by atoms with Crippen molar-refractivity contribution in [3.8, 4) is 0 Å². The number of alkyl halides is 2. The summed E-state index contributed by atoms with van der Waals surface area (Å²) in [4.78, 5) is 0. The summed E-state index contributed by atoms with van der Waals surface area (Å²) in [6, 6.07) is 7.02. The topological polar surface area (TPSA) is 21.3 Å². The van der Waals surface area contributed by atoms with Crippen molar-refractivity contribution in [2.75, 3.05) is 6.61 Å². The molecule has 1 aliphatic carbocycles. The van der Waals surface area contributed by atoms with Crippen molar-refractivity contribution in [1.29, 1.82) is 0 Å². The van der Waals surface area contributed by atoms with Gasteiger partial charge in [0.2, 0.25) is 0 Å². The Bertz CT molecular complexity index is 434. The molecule has 1 heterocycles. The number of hydrogen-bond donors (Lipinski definition) is 1. The second kappa shape index (κ2) is 5.55. The minimum absolute atomic E-state index is 0.0979. The van der Waals surface area contributed by atoms with Crippen LogP contribution in [-0.4, -0.2) is 18.8 Å². The molecule has 0 spiro atoms. The van der Waals surface area contributed by atoms with E-state index in [4.69, 9.17) is 4.74 Å². The van der Waals surface area contributed by atoms with Crippen molar-refractivity contribution in [2.24, 2.45) is 5.92 Å². The average molecular weight is 267 g/mol. The van der Waals surface area contributed by atoms with Crippen molar-refractivity contribution >= 4 is 0 Å². The highest BCUT2D eigenvalue weighted by Gasteiger charge is 2.40. The fraction of sp³-hybridized carbons (Fsp3) is 0.600. The van der Waals surface area contributed by atoms with E-state index in [0.717, 1.165) is 18.6 Å². The van der Waals surface area contributed by atoms with E-state index >= 15 is 0 Å². The molecule has 1 N–H and O–H groups in total. The Hall–Kier alpha value is -1.00. The van der Waals surface area contributed by atoms with E-state index in [9.17, 15) is 8.78 Å². The first-order valence-electron chi connectivity index (χ1n) is 6.96. The number of ether oxygens (including phenoxy) is 1. The van der Waals surface area contributed by atoms with Gasteiger partial charge in [0.25, 0.3) is 6.43 Å². The van der Waals surface area contributed by atoms with Crippen LogP contribution in [0.5, 0.6) is 0 Å². The Morgan fingerprint density at radius 1 is 1.26 bits per heavy atom. The lowest BCUT2D eigenvalue weighted by Gasteiger charge is -2.19. The van der Waals surface area contributed by atoms with E-state index in [1.54, 1.807) is 12.1 Å². The van der Waals surface area contributed by atoms with Gasteiger partial charge >= 0.3 is 0 Å². The van der Waals surface area contributed by atoms with Crippen LogP contribution < -0.4 is 5.32 Å². The van der Waals surface area contributed by atoms with Crippen LogP contribution in [0.25, 0.3) is 0 Å². The van der Waals surface area contributed by atoms with Gasteiger partial charge in [-0.2, -0.15) is 0 Å². The van der Waals surface area contributed by atoms with Crippen LogP contribution in [0.2, 0.25) is 0 Å². The van der Waals surface area contributed by atoms with E-state index in [-0.39, 0.29) is 5.56 Å². The zero-order chi connectivity index (χ0) is 13.2. The molecule has 2 fully saturated rings. The summed E-state index contributed by atoms with van der Waals surface area (Å²) in [5.41, 5.74) is 1.01. The van der Waals surface area contributed by atoms with Gasteiger partial charge in [0.05, 0.1) is 6.10 Å². The molecule has 1 aromatic rings. The molecular weight excluding hydrogens is 248 g/mol. The Morgan fingerprint density at radius 2 is 2.11 bits per heavy atom. The Balaban J connectivity index is 1.58. The summed E-state index contributed by atoms with van der Waals surface area (Å²) >= 11 is 0. The molecule has 0 amide bonds.